The highest BCUT2D eigenvalue weighted by atomic mass is 35.5. The average molecular weight is 448 g/mol. The van der Waals surface area contributed by atoms with Crippen molar-refractivity contribution in [2.24, 2.45) is 0 Å². The van der Waals surface area contributed by atoms with Gasteiger partial charge in [-0.2, -0.15) is 0 Å². The summed E-state index contributed by atoms with van der Waals surface area (Å²) in [6.07, 6.45) is 0. The Hall–Kier alpha value is -2.89. The molecule has 5 rings (SSSR count). The fourth-order valence-corrected chi connectivity index (χ4v) is 5.38. The van der Waals surface area contributed by atoms with Gasteiger partial charge in [-0.15, -0.1) is 0 Å². The molecule has 31 heavy (non-hydrogen) atoms. The number of hydrogen-bond acceptors (Lipinski definition) is 4. The topological polar surface area (TPSA) is 36.4 Å². The van der Waals surface area contributed by atoms with E-state index in [1.165, 1.54) is 0 Å². The summed E-state index contributed by atoms with van der Waals surface area (Å²) in [7, 11) is 0. The Balaban J connectivity index is 1.34. The minimum absolute atomic E-state index is 0.160. The zero-order valence-electron chi connectivity index (χ0n) is 16.9. The van der Waals surface area contributed by atoms with Crippen molar-refractivity contribution in [1.82, 2.24) is 9.88 Å². The third kappa shape index (κ3) is 4.16. The highest BCUT2D eigenvalue weighted by Gasteiger charge is 2.30. The van der Waals surface area contributed by atoms with E-state index in [9.17, 15) is 4.79 Å². The Bertz CT molecular complexity index is 1150. The van der Waals surface area contributed by atoms with Gasteiger partial charge in [-0.1, -0.05) is 83.6 Å². The second kappa shape index (κ2) is 8.69. The lowest BCUT2D eigenvalue weighted by molar-refractivity contribution is -0.132. The van der Waals surface area contributed by atoms with E-state index in [4.69, 9.17) is 16.6 Å². The number of halogens is 1. The minimum atomic E-state index is -0.279. The van der Waals surface area contributed by atoms with Crippen molar-refractivity contribution < 1.29 is 4.79 Å². The molecule has 1 aliphatic heterocycles. The third-order valence-corrected chi connectivity index (χ3v) is 7.03. The molecule has 156 valence electrons. The van der Waals surface area contributed by atoms with Crippen molar-refractivity contribution >= 4 is 44.2 Å². The number of rotatable bonds is 4. The van der Waals surface area contributed by atoms with Crippen LogP contribution < -0.4 is 4.90 Å². The molecule has 4 aromatic rings. The highest BCUT2D eigenvalue weighted by molar-refractivity contribution is 7.22. The standard InChI is InChI=1S/C25H22ClN3OS/c26-20-11-12-21-22(17-20)31-25(27-21)29-15-13-28(14-16-29)24(30)23(18-7-3-1-4-8-18)19-9-5-2-6-10-19/h1-12,17,23H,13-16H2. The number of fused-ring (bicyclic) bond motifs is 1. The number of amides is 1. The summed E-state index contributed by atoms with van der Waals surface area (Å²) >= 11 is 7.77. The molecule has 0 saturated carbocycles. The van der Waals surface area contributed by atoms with Gasteiger partial charge in [0.2, 0.25) is 5.91 Å². The average Bonchev–Trinajstić information content (AvgIpc) is 3.24. The van der Waals surface area contributed by atoms with Crippen molar-refractivity contribution in [3.05, 3.63) is 95.0 Å². The fraction of sp³-hybridized carbons (Fsp3) is 0.200. The number of benzene rings is 3. The van der Waals surface area contributed by atoms with E-state index in [1.54, 1.807) is 11.3 Å². The first-order valence-corrected chi connectivity index (χ1v) is 11.6. The van der Waals surface area contributed by atoms with Crippen LogP contribution in [0.2, 0.25) is 5.02 Å². The number of anilines is 1. The normalized spacial score (nSPS) is 14.4. The molecule has 0 spiro atoms. The monoisotopic (exact) mass is 447 g/mol. The van der Waals surface area contributed by atoms with Crippen LogP contribution in [0.5, 0.6) is 0 Å². The van der Waals surface area contributed by atoms with Crippen molar-refractivity contribution in [2.75, 3.05) is 31.1 Å². The second-order valence-corrected chi connectivity index (χ2v) is 9.12. The maximum absolute atomic E-state index is 13.6. The summed E-state index contributed by atoms with van der Waals surface area (Å²) < 4.78 is 1.09. The van der Waals surface area contributed by atoms with E-state index in [0.717, 1.165) is 44.6 Å². The Morgan fingerprint density at radius 1 is 0.871 bits per heavy atom. The van der Waals surface area contributed by atoms with Gasteiger partial charge in [0, 0.05) is 31.2 Å². The molecule has 1 aromatic heterocycles. The Morgan fingerprint density at radius 2 is 1.48 bits per heavy atom. The van der Waals surface area contributed by atoms with Crippen LogP contribution in [0.25, 0.3) is 10.2 Å². The number of aromatic nitrogens is 1. The Morgan fingerprint density at radius 3 is 2.10 bits per heavy atom. The molecule has 2 heterocycles. The van der Waals surface area contributed by atoms with Crippen LogP contribution in [0.15, 0.2) is 78.9 Å². The lowest BCUT2D eigenvalue weighted by Crippen LogP contribution is -2.50. The molecule has 0 bridgehead atoms. The quantitative estimate of drug-likeness (QED) is 0.418. The van der Waals surface area contributed by atoms with Gasteiger partial charge in [0.15, 0.2) is 5.13 Å². The van der Waals surface area contributed by atoms with E-state index in [-0.39, 0.29) is 11.8 Å². The van der Waals surface area contributed by atoms with Crippen molar-refractivity contribution in [3.63, 3.8) is 0 Å². The van der Waals surface area contributed by atoms with Gasteiger partial charge < -0.3 is 9.80 Å². The first-order chi connectivity index (χ1) is 15.2. The molecule has 0 N–H and O–H groups in total. The molecule has 1 fully saturated rings. The zero-order valence-corrected chi connectivity index (χ0v) is 18.5. The number of hydrogen-bond donors (Lipinski definition) is 0. The van der Waals surface area contributed by atoms with Crippen LogP contribution in [0.4, 0.5) is 5.13 Å². The first-order valence-electron chi connectivity index (χ1n) is 10.4. The lowest BCUT2D eigenvalue weighted by atomic mass is 9.90. The molecular formula is C25H22ClN3OS. The molecule has 0 atom stereocenters. The summed E-state index contributed by atoms with van der Waals surface area (Å²) in [5.74, 6) is -0.119. The van der Waals surface area contributed by atoms with Gasteiger partial charge in [-0.3, -0.25) is 4.79 Å². The summed E-state index contributed by atoms with van der Waals surface area (Å²) in [4.78, 5) is 22.6. The van der Waals surface area contributed by atoms with Crippen molar-refractivity contribution in [2.45, 2.75) is 5.92 Å². The highest BCUT2D eigenvalue weighted by Crippen LogP contribution is 2.32. The van der Waals surface area contributed by atoms with E-state index in [2.05, 4.69) is 4.90 Å². The van der Waals surface area contributed by atoms with Crippen LogP contribution in [-0.4, -0.2) is 42.0 Å². The van der Waals surface area contributed by atoms with Crippen LogP contribution in [0, 0.1) is 0 Å². The van der Waals surface area contributed by atoms with Gasteiger partial charge >= 0.3 is 0 Å². The molecule has 1 saturated heterocycles. The first kappa shape index (κ1) is 20.0. The van der Waals surface area contributed by atoms with Crippen LogP contribution in [0.1, 0.15) is 17.0 Å². The predicted octanol–water partition coefficient (Wildman–Crippen LogP) is 5.43. The fourth-order valence-electron chi connectivity index (χ4n) is 4.09. The predicted molar refractivity (Wildman–Crippen MR) is 128 cm³/mol. The summed E-state index contributed by atoms with van der Waals surface area (Å²) in [6.45, 7) is 2.92. The summed E-state index contributed by atoms with van der Waals surface area (Å²) in [6, 6.07) is 25.9. The van der Waals surface area contributed by atoms with Gasteiger partial charge in [0.1, 0.15) is 0 Å². The molecule has 0 unspecified atom stereocenters. The van der Waals surface area contributed by atoms with E-state index in [1.807, 2.05) is 83.8 Å². The molecule has 0 aliphatic carbocycles. The van der Waals surface area contributed by atoms with Gasteiger partial charge in [0.05, 0.1) is 16.1 Å². The van der Waals surface area contributed by atoms with Crippen LogP contribution in [0.3, 0.4) is 0 Å². The van der Waals surface area contributed by atoms with Crippen molar-refractivity contribution in [3.8, 4) is 0 Å². The number of piperazine rings is 1. The molecule has 0 radical (unpaired) electrons. The summed E-state index contributed by atoms with van der Waals surface area (Å²) in [5.41, 5.74) is 3.03. The third-order valence-electron chi connectivity index (χ3n) is 5.71. The maximum Gasteiger partial charge on any atom is 0.234 e. The molecule has 4 nitrogen and oxygen atoms in total. The van der Waals surface area contributed by atoms with Gasteiger partial charge in [-0.25, -0.2) is 4.98 Å². The van der Waals surface area contributed by atoms with E-state index in [0.29, 0.717) is 13.1 Å². The van der Waals surface area contributed by atoms with Crippen molar-refractivity contribution in [1.29, 1.82) is 0 Å². The van der Waals surface area contributed by atoms with Gasteiger partial charge in [-0.05, 0) is 29.3 Å². The zero-order chi connectivity index (χ0) is 21.2. The van der Waals surface area contributed by atoms with Crippen LogP contribution in [-0.2, 0) is 4.79 Å². The molecule has 1 aliphatic rings. The minimum Gasteiger partial charge on any atom is -0.345 e. The van der Waals surface area contributed by atoms with Crippen LogP contribution >= 0.6 is 22.9 Å². The Labute approximate surface area is 190 Å². The molecular weight excluding hydrogens is 426 g/mol. The molecule has 3 aromatic carbocycles. The number of nitrogens with zero attached hydrogens (tertiary/aromatic N) is 3. The Kier molecular flexibility index (Phi) is 5.62. The summed E-state index contributed by atoms with van der Waals surface area (Å²) in [5, 5.41) is 1.72. The number of thiazole rings is 1. The molecule has 1 amide bonds. The second-order valence-electron chi connectivity index (χ2n) is 7.68. The van der Waals surface area contributed by atoms with Gasteiger partial charge in [0.25, 0.3) is 0 Å². The number of carbonyl (C=O) groups is 1. The molecule has 6 heteroatoms. The largest absolute Gasteiger partial charge is 0.345 e. The number of carbonyl (C=O) groups excluding carboxylic acids is 1. The van der Waals surface area contributed by atoms with E-state index >= 15 is 0 Å². The van der Waals surface area contributed by atoms with E-state index < -0.39 is 0 Å². The lowest BCUT2D eigenvalue weighted by Gasteiger charge is -2.36. The maximum atomic E-state index is 13.6. The SMILES string of the molecule is O=C(C(c1ccccc1)c1ccccc1)N1CCN(c2nc3ccc(Cl)cc3s2)CC1. The smallest absolute Gasteiger partial charge is 0.234 e.